The number of rotatable bonds is 1. The largest absolute Gasteiger partial charge is 0.482 e. The van der Waals surface area contributed by atoms with Gasteiger partial charge in [0.05, 0.1) is 12.2 Å². The number of anilines is 1. The van der Waals surface area contributed by atoms with Crippen LogP contribution in [-0.2, 0) is 0 Å². The summed E-state index contributed by atoms with van der Waals surface area (Å²) in [6, 6.07) is 12.0. The lowest BCUT2D eigenvalue weighted by atomic mass is 10.1. The van der Waals surface area contributed by atoms with E-state index in [1.165, 1.54) is 12.1 Å². The molecule has 1 atom stereocenters. The molecule has 0 fully saturated rings. The molecule has 2 aromatic carbocycles. The third kappa shape index (κ3) is 2.14. The van der Waals surface area contributed by atoms with E-state index >= 15 is 0 Å². The zero-order chi connectivity index (χ0) is 12.5. The number of fused-ring (bicyclic) bond motifs is 1. The fourth-order valence-electron chi connectivity index (χ4n) is 2.03. The Kier molecular flexibility index (Phi) is 2.84. The van der Waals surface area contributed by atoms with Crippen molar-refractivity contribution >= 4 is 17.3 Å². The second-order valence-corrected chi connectivity index (χ2v) is 4.62. The zero-order valence-electron chi connectivity index (χ0n) is 9.49. The van der Waals surface area contributed by atoms with E-state index in [-0.39, 0.29) is 11.9 Å². The summed E-state index contributed by atoms with van der Waals surface area (Å²) in [5.74, 6) is 0.230. The molecule has 1 N–H and O–H groups in total. The van der Waals surface area contributed by atoms with E-state index in [9.17, 15) is 4.39 Å². The number of nitrogens with one attached hydrogen (secondary N) is 1. The van der Waals surface area contributed by atoms with Gasteiger partial charge in [0, 0.05) is 11.1 Å². The minimum atomic E-state index is -0.303. The lowest BCUT2D eigenvalue weighted by Gasteiger charge is -2.27. The van der Waals surface area contributed by atoms with Gasteiger partial charge in [-0.1, -0.05) is 23.7 Å². The van der Waals surface area contributed by atoms with Crippen LogP contribution in [0.1, 0.15) is 11.7 Å². The molecule has 1 aliphatic rings. The van der Waals surface area contributed by atoms with Crippen molar-refractivity contribution in [2.75, 3.05) is 11.9 Å². The molecule has 92 valence electrons. The standard InChI is InChI=1S/C14H11ClFNO/c15-10-3-1-2-9(6-10)14-8-17-12-5-4-11(16)7-13(12)18-14/h1-7,14,17H,8H2. The normalized spacial score (nSPS) is 17.6. The number of benzene rings is 2. The van der Waals surface area contributed by atoms with Crippen molar-refractivity contribution < 1.29 is 9.13 Å². The Bertz CT molecular complexity index is 588. The SMILES string of the molecule is Fc1ccc2c(c1)OC(c1cccc(Cl)c1)CN2. The van der Waals surface area contributed by atoms with Gasteiger partial charge in [0.2, 0.25) is 0 Å². The van der Waals surface area contributed by atoms with Crippen LogP contribution in [0.3, 0.4) is 0 Å². The molecule has 0 saturated carbocycles. The van der Waals surface area contributed by atoms with Crippen molar-refractivity contribution in [2.45, 2.75) is 6.10 Å². The zero-order valence-corrected chi connectivity index (χ0v) is 10.2. The van der Waals surface area contributed by atoms with Gasteiger partial charge in [-0.15, -0.1) is 0 Å². The Morgan fingerprint density at radius 3 is 2.94 bits per heavy atom. The monoisotopic (exact) mass is 263 g/mol. The van der Waals surface area contributed by atoms with Crippen LogP contribution in [0, 0.1) is 5.82 Å². The highest BCUT2D eigenvalue weighted by molar-refractivity contribution is 6.30. The summed E-state index contributed by atoms with van der Waals surface area (Å²) in [7, 11) is 0. The Labute approximate surface area is 109 Å². The van der Waals surface area contributed by atoms with E-state index < -0.39 is 0 Å². The molecule has 0 spiro atoms. The molecular weight excluding hydrogens is 253 g/mol. The highest BCUT2D eigenvalue weighted by Gasteiger charge is 2.21. The van der Waals surface area contributed by atoms with Gasteiger partial charge in [-0.2, -0.15) is 0 Å². The molecule has 0 aliphatic carbocycles. The number of halogens is 2. The van der Waals surface area contributed by atoms with Crippen LogP contribution in [0.15, 0.2) is 42.5 Å². The summed E-state index contributed by atoms with van der Waals surface area (Å²) in [4.78, 5) is 0. The average Bonchev–Trinajstić information content (AvgIpc) is 2.38. The van der Waals surface area contributed by atoms with Crippen molar-refractivity contribution in [1.29, 1.82) is 0 Å². The van der Waals surface area contributed by atoms with Crippen LogP contribution < -0.4 is 10.1 Å². The molecule has 2 aromatic rings. The molecule has 0 amide bonds. The second-order valence-electron chi connectivity index (χ2n) is 4.18. The number of ether oxygens (including phenoxy) is 1. The summed E-state index contributed by atoms with van der Waals surface area (Å²) in [5, 5.41) is 3.89. The highest BCUT2D eigenvalue weighted by Crippen LogP contribution is 2.34. The quantitative estimate of drug-likeness (QED) is 0.839. The minimum Gasteiger partial charge on any atom is -0.482 e. The van der Waals surface area contributed by atoms with Crippen LogP contribution in [0.4, 0.5) is 10.1 Å². The van der Waals surface area contributed by atoms with E-state index in [4.69, 9.17) is 16.3 Å². The van der Waals surface area contributed by atoms with Gasteiger partial charge >= 0.3 is 0 Å². The first-order valence-corrected chi connectivity index (χ1v) is 6.06. The van der Waals surface area contributed by atoms with Gasteiger partial charge in [-0.3, -0.25) is 0 Å². The fourth-order valence-corrected chi connectivity index (χ4v) is 2.23. The smallest absolute Gasteiger partial charge is 0.146 e. The Morgan fingerprint density at radius 2 is 2.11 bits per heavy atom. The van der Waals surface area contributed by atoms with E-state index in [1.54, 1.807) is 6.07 Å². The summed E-state index contributed by atoms with van der Waals surface area (Å²) in [6.45, 7) is 0.638. The van der Waals surface area contributed by atoms with Gasteiger partial charge in [0.1, 0.15) is 17.7 Å². The lowest BCUT2D eigenvalue weighted by molar-refractivity contribution is 0.209. The molecule has 4 heteroatoms. The number of hydrogen-bond donors (Lipinski definition) is 1. The summed E-state index contributed by atoms with van der Waals surface area (Å²) in [5.41, 5.74) is 1.79. The predicted octanol–water partition coefficient (Wildman–Crippen LogP) is 4.02. The molecule has 1 unspecified atom stereocenters. The van der Waals surface area contributed by atoms with Crippen LogP contribution >= 0.6 is 11.6 Å². The molecule has 1 heterocycles. The van der Waals surface area contributed by atoms with Crippen molar-refractivity contribution in [3.63, 3.8) is 0 Å². The van der Waals surface area contributed by atoms with Crippen LogP contribution in [0.5, 0.6) is 5.75 Å². The number of hydrogen-bond acceptors (Lipinski definition) is 2. The molecule has 0 saturated heterocycles. The maximum atomic E-state index is 13.2. The summed E-state index contributed by atoms with van der Waals surface area (Å²) in [6.07, 6.45) is -0.155. The molecule has 2 nitrogen and oxygen atoms in total. The molecule has 1 aliphatic heterocycles. The molecule has 0 radical (unpaired) electrons. The van der Waals surface area contributed by atoms with Crippen LogP contribution in [-0.4, -0.2) is 6.54 Å². The Morgan fingerprint density at radius 1 is 1.22 bits per heavy atom. The molecular formula is C14H11ClFNO. The van der Waals surface area contributed by atoms with Gasteiger partial charge in [-0.05, 0) is 29.8 Å². The average molecular weight is 264 g/mol. The molecule has 3 rings (SSSR count). The van der Waals surface area contributed by atoms with Crippen molar-refractivity contribution in [2.24, 2.45) is 0 Å². The summed E-state index contributed by atoms with van der Waals surface area (Å²) >= 11 is 5.95. The third-order valence-electron chi connectivity index (χ3n) is 2.91. The van der Waals surface area contributed by atoms with E-state index in [1.807, 2.05) is 24.3 Å². The Hall–Kier alpha value is -1.74. The molecule has 0 bridgehead atoms. The fraction of sp³-hybridized carbons (Fsp3) is 0.143. The highest BCUT2D eigenvalue weighted by atomic mass is 35.5. The second kappa shape index (κ2) is 4.50. The van der Waals surface area contributed by atoms with Gasteiger partial charge in [-0.25, -0.2) is 4.39 Å². The van der Waals surface area contributed by atoms with Crippen LogP contribution in [0.2, 0.25) is 5.02 Å². The van der Waals surface area contributed by atoms with Crippen molar-refractivity contribution in [1.82, 2.24) is 0 Å². The van der Waals surface area contributed by atoms with Crippen LogP contribution in [0.25, 0.3) is 0 Å². The van der Waals surface area contributed by atoms with E-state index in [0.717, 1.165) is 11.3 Å². The maximum absolute atomic E-state index is 13.2. The van der Waals surface area contributed by atoms with Gasteiger partial charge in [0.25, 0.3) is 0 Å². The third-order valence-corrected chi connectivity index (χ3v) is 3.15. The predicted molar refractivity (Wildman–Crippen MR) is 69.7 cm³/mol. The first-order chi connectivity index (χ1) is 8.72. The maximum Gasteiger partial charge on any atom is 0.146 e. The lowest BCUT2D eigenvalue weighted by Crippen LogP contribution is -2.23. The van der Waals surface area contributed by atoms with Crippen molar-refractivity contribution in [3.05, 3.63) is 58.9 Å². The minimum absolute atomic E-state index is 0.155. The van der Waals surface area contributed by atoms with Gasteiger partial charge in [0.15, 0.2) is 0 Å². The molecule has 0 aromatic heterocycles. The Balaban J connectivity index is 1.90. The first-order valence-electron chi connectivity index (χ1n) is 5.68. The molecule has 18 heavy (non-hydrogen) atoms. The topological polar surface area (TPSA) is 21.3 Å². The van der Waals surface area contributed by atoms with Gasteiger partial charge < -0.3 is 10.1 Å². The van der Waals surface area contributed by atoms with E-state index in [0.29, 0.717) is 17.3 Å². The van der Waals surface area contributed by atoms with Crippen molar-refractivity contribution in [3.8, 4) is 5.75 Å². The first kappa shape index (κ1) is 11.4. The van der Waals surface area contributed by atoms with E-state index in [2.05, 4.69) is 5.32 Å². The summed E-state index contributed by atoms with van der Waals surface area (Å²) < 4.78 is 19.0.